The topological polar surface area (TPSA) is 27.7 Å². The summed E-state index contributed by atoms with van der Waals surface area (Å²) in [6.45, 7) is 5.65. The minimum Gasteiger partial charge on any atom is -0.497 e. The van der Waals surface area contributed by atoms with E-state index in [0.29, 0.717) is 13.2 Å². The van der Waals surface area contributed by atoms with Gasteiger partial charge in [0, 0.05) is 24.1 Å². The maximum atomic E-state index is 5.93. The van der Waals surface area contributed by atoms with Gasteiger partial charge in [-0.1, -0.05) is 44.2 Å². The van der Waals surface area contributed by atoms with Crippen LogP contribution < -0.4 is 10.2 Å². The molecule has 1 saturated heterocycles. The molecule has 3 rings (SSSR count). The van der Waals surface area contributed by atoms with Crippen molar-refractivity contribution in [2.45, 2.75) is 13.8 Å². The summed E-state index contributed by atoms with van der Waals surface area (Å²) in [5.74, 6) is 0.813. The molecule has 0 unspecified atom stereocenters. The van der Waals surface area contributed by atoms with Crippen LogP contribution in [0.2, 0.25) is 0 Å². The van der Waals surface area contributed by atoms with Gasteiger partial charge in [-0.15, -0.1) is 0 Å². The van der Waals surface area contributed by atoms with Gasteiger partial charge in [-0.05, 0) is 16.8 Å². The molecule has 4 heteroatoms. The van der Waals surface area contributed by atoms with Crippen LogP contribution in [0.4, 0.5) is 0 Å². The van der Waals surface area contributed by atoms with Crippen LogP contribution in [0.5, 0.6) is 5.75 Å². The van der Waals surface area contributed by atoms with Gasteiger partial charge < -0.3 is 14.0 Å². The molecular formula is C16H19BO3. The normalized spacial score (nSPS) is 18.2. The third kappa shape index (κ3) is 2.41. The Morgan fingerprint density at radius 2 is 1.75 bits per heavy atom. The predicted molar refractivity (Wildman–Crippen MR) is 81.6 cm³/mol. The second kappa shape index (κ2) is 5.11. The van der Waals surface area contributed by atoms with Crippen molar-refractivity contribution in [3.63, 3.8) is 0 Å². The van der Waals surface area contributed by atoms with Crippen molar-refractivity contribution in [1.29, 1.82) is 0 Å². The van der Waals surface area contributed by atoms with E-state index in [4.69, 9.17) is 14.0 Å². The molecule has 1 heterocycles. The third-order valence-corrected chi connectivity index (χ3v) is 3.64. The predicted octanol–water partition coefficient (Wildman–Crippen LogP) is 2.62. The van der Waals surface area contributed by atoms with E-state index in [1.165, 1.54) is 5.39 Å². The highest BCUT2D eigenvalue weighted by Gasteiger charge is 2.36. The molecule has 104 valence electrons. The Labute approximate surface area is 120 Å². The first kappa shape index (κ1) is 13.5. The molecule has 3 nitrogen and oxygen atoms in total. The summed E-state index contributed by atoms with van der Waals surface area (Å²) in [6, 6.07) is 12.3. The summed E-state index contributed by atoms with van der Waals surface area (Å²) in [5.41, 5.74) is 1.05. The standard InChI is InChI=1S/C16H19BO3/c1-16(2)10-19-17(20-11-16)15-13-7-5-4-6-12(13)8-9-14(15)18-3/h4-9H,10-11H2,1-3H3. The van der Waals surface area contributed by atoms with Crippen LogP contribution in [-0.4, -0.2) is 27.4 Å². The quantitative estimate of drug-likeness (QED) is 0.785. The minimum atomic E-state index is -0.357. The molecule has 1 aliphatic heterocycles. The molecule has 0 radical (unpaired) electrons. The van der Waals surface area contributed by atoms with E-state index in [9.17, 15) is 0 Å². The molecule has 0 amide bonds. The van der Waals surface area contributed by atoms with E-state index in [0.717, 1.165) is 16.6 Å². The zero-order valence-electron chi connectivity index (χ0n) is 12.2. The lowest BCUT2D eigenvalue weighted by Crippen LogP contribution is -2.48. The Bertz CT molecular complexity index is 614. The molecule has 0 N–H and O–H groups in total. The van der Waals surface area contributed by atoms with Crippen molar-refractivity contribution in [3.8, 4) is 5.75 Å². The second-order valence-corrected chi connectivity index (χ2v) is 6.02. The van der Waals surface area contributed by atoms with Crippen LogP contribution in [0, 0.1) is 5.41 Å². The molecule has 0 saturated carbocycles. The molecule has 2 aromatic carbocycles. The number of benzene rings is 2. The van der Waals surface area contributed by atoms with Gasteiger partial charge in [-0.25, -0.2) is 0 Å². The molecule has 0 aromatic heterocycles. The lowest BCUT2D eigenvalue weighted by atomic mass is 9.73. The van der Waals surface area contributed by atoms with Crippen molar-refractivity contribution >= 4 is 23.4 Å². The Balaban J connectivity index is 2.05. The van der Waals surface area contributed by atoms with E-state index in [1.807, 2.05) is 18.2 Å². The molecule has 1 aliphatic rings. The third-order valence-electron chi connectivity index (χ3n) is 3.64. The summed E-state index contributed by atoms with van der Waals surface area (Å²) in [6.07, 6.45) is 0. The molecular weight excluding hydrogens is 251 g/mol. The first-order valence-corrected chi connectivity index (χ1v) is 6.89. The summed E-state index contributed by atoms with van der Waals surface area (Å²) in [7, 11) is 1.32. The van der Waals surface area contributed by atoms with Crippen molar-refractivity contribution in [3.05, 3.63) is 36.4 Å². The van der Waals surface area contributed by atoms with Crippen molar-refractivity contribution in [2.75, 3.05) is 20.3 Å². The Morgan fingerprint density at radius 3 is 2.45 bits per heavy atom. The second-order valence-electron chi connectivity index (χ2n) is 6.02. The van der Waals surface area contributed by atoms with Gasteiger partial charge in [0.05, 0.1) is 7.11 Å². The average Bonchev–Trinajstić information content (AvgIpc) is 2.46. The Kier molecular flexibility index (Phi) is 3.44. The highest BCUT2D eigenvalue weighted by Crippen LogP contribution is 2.25. The van der Waals surface area contributed by atoms with Crippen LogP contribution in [0.1, 0.15) is 13.8 Å². The fraction of sp³-hybridized carbons (Fsp3) is 0.375. The zero-order valence-corrected chi connectivity index (χ0v) is 12.2. The smallest absolute Gasteiger partial charge is 0.497 e. The SMILES string of the molecule is COc1ccc2ccccc2c1B1OCC(C)(C)CO1. The number of hydrogen-bond acceptors (Lipinski definition) is 3. The van der Waals surface area contributed by atoms with E-state index in [-0.39, 0.29) is 12.5 Å². The van der Waals surface area contributed by atoms with Crippen molar-refractivity contribution < 1.29 is 14.0 Å². The van der Waals surface area contributed by atoms with Crippen LogP contribution in [0.3, 0.4) is 0 Å². The lowest BCUT2D eigenvalue weighted by Gasteiger charge is -2.33. The molecule has 1 fully saturated rings. The lowest BCUT2D eigenvalue weighted by molar-refractivity contribution is 0.0342. The van der Waals surface area contributed by atoms with Gasteiger partial charge in [-0.3, -0.25) is 0 Å². The van der Waals surface area contributed by atoms with E-state index in [1.54, 1.807) is 7.11 Å². The fourth-order valence-electron chi connectivity index (χ4n) is 2.56. The minimum absolute atomic E-state index is 0.0638. The number of rotatable bonds is 2. The van der Waals surface area contributed by atoms with Crippen molar-refractivity contribution in [1.82, 2.24) is 0 Å². The zero-order chi connectivity index (χ0) is 14.2. The van der Waals surface area contributed by atoms with E-state index in [2.05, 4.69) is 32.0 Å². The van der Waals surface area contributed by atoms with Crippen LogP contribution in [-0.2, 0) is 9.31 Å². The molecule has 0 bridgehead atoms. The number of methoxy groups -OCH3 is 1. The molecule has 0 atom stereocenters. The van der Waals surface area contributed by atoms with Crippen molar-refractivity contribution in [2.24, 2.45) is 5.41 Å². The van der Waals surface area contributed by atoms with Gasteiger partial charge in [0.15, 0.2) is 0 Å². The van der Waals surface area contributed by atoms with E-state index < -0.39 is 0 Å². The van der Waals surface area contributed by atoms with Gasteiger partial charge >= 0.3 is 7.12 Å². The largest absolute Gasteiger partial charge is 0.498 e. The summed E-state index contributed by atoms with van der Waals surface area (Å²) < 4.78 is 17.4. The molecule has 2 aromatic rings. The fourth-order valence-corrected chi connectivity index (χ4v) is 2.56. The molecule has 0 spiro atoms. The summed E-state index contributed by atoms with van der Waals surface area (Å²) in [4.78, 5) is 0. The Morgan fingerprint density at radius 1 is 1.05 bits per heavy atom. The number of hydrogen-bond donors (Lipinski definition) is 0. The summed E-state index contributed by atoms with van der Waals surface area (Å²) in [5, 5.41) is 2.29. The maximum Gasteiger partial charge on any atom is 0.498 e. The van der Waals surface area contributed by atoms with Gasteiger partial charge in [0.25, 0.3) is 0 Å². The van der Waals surface area contributed by atoms with Crippen LogP contribution in [0.25, 0.3) is 10.8 Å². The number of fused-ring (bicyclic) bond motifs is 1. The Hall–Kier alpha value is -1.52. The molecule has 20 heavy (non-hydrogen) atoms. The highest BCUT2D eigenvalue weighted by atomic mass is 16.6. The first-order chi connectivity index (χ1) is 9.61. The highest BCUT2D eigenvalue weighted by molar-refractivity contribution is 6.65. The van der Waals surface area contributed by atoms with Gasteiger partial charge in [0.1, 0.15) is 5.75 Å². The molecule has 0 aliphatic carbocycles. The first-order valence-electron chi connectivity index (χ1n) is 6.89. The van der Waals surface area contributed by atoms with Crippen LogP contribution in [0.15, 0.2) is 36.4 Å². The number of ether oxygens (including phenoxy) is 1. The van der Waals surface area contributed by atoms with Gasteiger partial charge in [0.2, 0.25) is 0 Å². The van der Waals surface area contributed by atoms with Gasteiger partial charge in [-0.2, -0.15) is 0 Å². The summed E-state index contributed by atoms with van der Waals surface area (Å²) >= 11 is 0. The maximum absolute atomic E-state index is 5.93. The van der Waals surface area contributed by atoms with Crippen LogP contribution >= 0.6 is 0 Å². The average molecular weight is 270 g/mol. The van der Waals surface area contributed by atoms with E-state index >= 15 is 0 Å². The monoisotopic (exact) mass is 270 g/mol.